The Balaban J connectivity index is 1.59. The molecule has 0 saturated heterocycles. The Kier molecular flexibility index (Phi) is 7.06. The summed E-state index contributed by atoms with van der Waals surface area (Å²) in [5.41, 5.74) is 0.957. The summed E-state index contributed by atoms with van der Waals surface area (Å²) in [6, 6.07) is 9.50. The fourth-order valence-corrected chi connectivity index (χ4v) is 2.53. The van der Waals surface area contributed by atoms with E-state index in [1.54, 1.807) is 13.2 Å². The Labute approximate surface area is 140 Å². The summed E-state index contributed by atoms with van der Waals surface area (Å²) in [6.45, 7) is 1.98. The van der Waals surface area contributed by atoms with Gasteiger partial charge in [0.05, 0.1) is 17.1 Å². The van der Waals surface area contributed by atoms with Crippen molar-refractivity contribution in [3.63, 3.8) is 0 Å². The van der Waals surface area contributed by atoms with Gasteiger partial charge in [0.25, 0.3) is 5.91 Å². The van der Waals surface area contributed by atoms with Crippen LogP contribution in [0, 0.1) is 0 Å². The number of guanidine groups is 1. The van der Waals surface area contributed by atoms with Gasteiger partial charge in [0, 0.05) is 26.3 Å². The minimum absolute atomic E-state index is 0.0161. The number of nitrogens with one attached hydrogen (secondary N) is 3. The van der Waals surface area contributed by atoms with E-state index in [1.807, 2.05) is 35.7 Å². The molecule has 2 rings (SSSR count). The molecule has 0 spiro atoms. The Bertz CT molecular complexity index is 613. The molecule has 23 heavy (non-hydrogen) atoms. The number of nitrogens with zero attached hydrogens (tertiary/aromatic N) is 2. The van der Waals surface area contributed by atoms with Gasteiger partial charge in [0.15, 0.2) is 5.96 Å². The molecule has 6 nitrogen and oxygen atoms in total. The first-order chi connectivity index (χ1) is 11.3. The van der Waals surface area contributed by atoms with Gasteiger partial charge >= 0.3 is 0 Å². The maximum atomic E-state index is 11.8. The molecule has 3 N–H and O–H groups in total. The predicted molar refractivity (Wildman–Crippen MR) is 93.7 cm³/mol. The molecule has 0 radical (unpaired) electrons. The van der Waals surface area contributed by atoms with Crippen molar-refractivity contribution >= 4 is 23.2 Å². The van der Waals surface area contributed by atoms with E-state index in [4.69, 9.17) is 0 Å². The van der Waals surface area contributed by atoms with Crippen LogP contribution in [0.5, 0.6) is 0 Å². The summed E-state index contributed by atoms with van der Waals surface area (Å²) < 4.78 is 0. The van der Waals surface area contributed by atoms with Crippen LogP contribution in [0.2, 0.25) is 0 Å². The molecule has 0 saturated carbocycles. The largest absolute Gasteiger partial charge is 0.356 e. The second kappa shape index (κ2) is 9.58. The third kappa shape index (κ3) is 6.07. The SMILES string of the molecule is CN=C(NCCCNC(=O)c1cccs1)NCc1ccccn1. The van der Waals surface area contributed by atoms with E-state index in [0.717, 1.165) is 29.5 Å². The number of hydrogen-bond donors (Lipinski definition) is 3. The first-order valence-corrected chi connectivity index (χ1v) is 8.33. The van der Waals surface area contributed by atoms with E-state index in [9.17, 15) is 4.79 Å². The molecule has 0 unspecified atom stereocenters. The first-order valence-electron chi connectivity index (χ1n) is 7.45. The zero-order valence-corrected chi connectivity index (χ0v) is 13.9. The lowest BCUT2D eigenvalue weighted by Gasteiger charge is -2.11. The Morgan fingerprint density at radius 2 is 2.04 bits per heavy atom. The Hall–Kier alpha value is -2.41. The molecule has 2 aromatic heterocycles. The molecule has 0 aliphatic rings. The number of hydrogen-bond acceptors (Lipinski definition) is 4. The predicted octanol–water partition coefficient (Wildman–Crippen LogP) is 1.63. The summed E-state index contributed by atoms with van der Waals surface area (Å²) in [7, 11) is 1.73. The molecule has 7 heteroatoms. The van der Waals surface area contributed by atoms with E-state index >= 15 is 0 Å². The van der Waals surface area contributed by atoms with Gasteiger partial charge in [-0.15, -0.1) is 11.3 Å². The van der Waals surface area contributed by atoms with E-state index in [2.05, 4.69) is 25.9 Å². The van der Waals surface area contributed by atoms with E-state index in [0.29, 0.717) is 13.1 Å². The fourth-order valence-electron chi connectivity index (χ4n) is 1.89. The maximum absolute atomic E-state index is 11.8. The molecule has 0 fully saturated rings. The average molecular weight is 331 g/mol. The molecular weight excluding hydrogens is 310 g/mol. The van der Waals surface area contributed by atoms with Gasteiger partial charge in [-0.1, -0.05) is 12.1 Å². The summed E-state index contributed by atoms with van der Waals surface area (Å²) >= 11 is 1.45. The number of aliphatic imine (C=N–C) groups is 1. The number of rotatable bonds is 7. The number of pyridine rings is 1. The second-order valence-corrected chi connectivity index (χ2v) is 5.71. The van der Waals surface area contributed by atoms with Crippen molar-refractivity contribution in [1.82, 2.24) is 20.9 Å². The summed E-state index contributed by atoms with van der Waals surface area (Å²) in [4.78, 5) is 20.9. The topological polar surface area (TPSA) is 78.4 Å². The van der Waals surface area contributed by atoms with Crippen LogP contribution >= 0.6 is 11.3 Å². The van der Waals surface area contributed by atoms with Gasteiger partial charge in [-0.05, 0) is 30.0 Å². The van der Waals surface area contributed by atoms with Crippen molar-refractivity contribution < 1.29 is 4.79 Å². The second-order valence-electron chi connectivity index (χ2n) is 4.76. The quantitative estimate of drug-likeness (QED) is 0.409. The smallest absolute Gasteiger partial charge is 0.261 e. The van der Waals surface area contributed by atoms with Crippen molar-refractivity contribution in [3.05, 3.63) is 52.5 Å². The van der Waals surface area contributed by atoms with Crippen molar-refractivity contribution in [3.8, 4) is 0 Å². The van der Waals surface area contributed by atoms with Gasteiger partial charge in [0.2, 0.25) is 0 Å². The standard InChI is InChI=1S/C16H21N5OS/c1-17-16(21-12-13-6-2-3-8-18-13)20-10-5-9-19-15(22)14-7-4-11-23-14/h2-4,6-8,11H,5,9-10,12H2,1H3,(H,19,22)(H2,17,20,21). The van der Waals surface area contributed by atoms with Crippen LogP contribution in [0.4, 0.5) is 0 Å². The lowest BCUT2D eigenvalue weighted by Crippen LogP contribution is -2.38. The van der Waals surface area contributed by atoms with Crippen LogP contribution in [-0.4, -0.2) is 37.0 Å². The molecule has 2 heterocycles. The highest BCUT2D eigenvalue weighted by Gasteiger charge is 2.04. The molecule has 0 atom stereocenters. The number of carbonyl (C=O) groups excluding carboxylic acids is 1. The highest BCUT2D eigenvalue weighted by atomic mass is 32.1. The highest BCUT2D eigenvalue weighted by molar-refractivity contribution is 7.12. The number of aromatic nitrogens is 1. The molecule has 122 valence electrons. The molecule has 0 aliphatic heterocycles. The first kappa shape index (κ1) is 17.0. The molecule has 0 bridgehead atoms. The molecule has 0 aliphatic carbocycles. The summed E-state index contributed by atoms with van der Waals surface area (Å²) in [5, 5.41) is 11.2. The minimum atomic E-state index is -0.0161. The molecule has 0 aromatic carbocycles. The van der Waals surface area contributed by atoms with E-state index in [1.165, 1.54) is 11.3 Å². The average Bonchev–Trinajstić information content (AvgIpc) is 3.12. The fraction of sp³-hybridized carbons (Fsp3) is 0.312. The monoisotopic (exact) mass is 331 g/mol. The third-order valence-electron chi connectivity index (χ3n) is 3.06. The van der Waals surface area contributed by atoms with Gasteiger partial charge < -0.3 is 16.0 Å². The zero-order valence-electron chi connectivity index (χ0n) is 13.1. The maximum Gasteiger partial charge on any atom is 0.261 e. The van der Waals surface area contributed by atoms with E-state index in [-0.39, 0.29) is 5.91 Å². The highest BCUT2D eigenvalue weighted by Crippen LogP contribution is 2.07. The van der Waals surface area contributed by atoms with E-state index < -0.39 is 0 Å². The van der Waals surface area contributed by atoms with Gasteiger partial charge in [-0.2, -0.15) is 0 Å². The van der Waals surface area contributed by atoms with Crippen LogP contribution in [0.1, 0.15) is 21.8 Å². The van der Waals surface area contributed by atoms with Gasteiger partial charge in [-0.3, -0.25) is 14.8 Å². The van der Waals surface area contributed by atoms with Crippen LogP contribution in [0.3, 0.4) is 0 Å². The normalized spacial score (nSPS) is 11.1. The number of amides is 1. The van der Waals surface area contributed by atoms with Gasteiger partial charge in [-0.25, -0.2) is 0 Å². The number of carbonyl (C=O) groups is 1. The lowest BCUT2D eigenvalue weighted by molar-refractivity contribution is 0.0957. The minimum Gasteiger partial charge on any atom is -0.356 e. The zero-order chi connectivity index (χ0) is 16.3. The van der Waals surface area contributed by atoms with Gasteiger partial charge in [0.1, 0.15) is 0 Å². The Morgan fingerprint density at radius 1 is 1.17 bits per heavy atom. The summed E-state index contributed by atoms with van der Waals surface area (Å²) in [6.07, 6.45) is 2.59. The molecular formula is C16H21N5OS. The van der Waals surface area contributed by atoms with Crippen LogP contribution in [0.15, 0.2) is 46.9 Å². The van der Waals surface area contributed by atoms with Crippen molar-refractivity contribution in [2.75, 3.05) is 20.1 Å². The van der Waals surface area contributed by atoms with Crippen molar-refractivity contribution in [1.29, 1.82) is 0 Å². The number of thiophene rings is 1. The lowest BCUT2D eigenvalue weighted by atomic mass is 10.3. The summed E-state index contributed by atoms with van der Waals surface area (Å²) in [5.74, 6) is 0.706. The molecule has 2 aromatic rings. The van der Waals surface area contributed by atoms with Crippen LogP contribution in [0.25, 0.3) is 0 Å². The van der Waals surface area contributed by atoms with Crippen molar-refractivity contribution in [2.45, 2.75) is 13.0 Å². The third-order valence-corrected chi connectivity index (χ3v) is 3.93. The Morgan fingerprint density at radius 3 is 2.74 bits per heavy atom. The van der Waals surface area contributed by atoms with Crippen LogP contribution in [-0.2, 0) is 6.54 Å². The molecule has 1 amide bonds. The van der Waals surface area contributed by atoms with Crippen LogP contribution < -0.4 is 16.0 Å². The van der Waals surface area contributed by atoms with Crippen molar-refractivity contribution in [2.24, 2.45) is 4.99 Å².